The van der Waals surface area contributed by atoms with Gasteiger partial charge in [0.2, 0.25) is 5.91 Å². The minimum Gasteiger partial charge on any atom is -0.481 e. The van der Waals surface area contributed by atoms with Crippen molar-refractivity contribution in [2.45, 2.75) is 18.9 Å². The maximum Gasteiger partial charge on any atom is 0.303 e. The predicted octanol–water partition coefficient (Wildman–Crippen LogP) is 1.42. The van der Waals surface area contributed by atoms with Crippen LogP contribution in [0, 0.1) is 3.57 Å². The van der Waals surface area contributed by atoms with E-state index in [-0.39, 0.29) is 18.7 Å². The van der Waals surface area contributed by atoms with Gasteiger partial charge in [-0.2, -0.15) is 0 Å². The van der Waals surface area contributed by atoms with Crippen molar-refractivity contribution >= 4 is 40.2 Å². The van der Waals surface area contributed by atoms with Crippen LogP contribution in [0.5, 0.6) is 0 Å². The lowest BCUT2D eigenvalue weighted by Crippen LogP contribution is -2.36. The predicted molar refractivity (Wildman–Crippen MR) is 72.6 cm³/mol. The summed E-state index contributed by atoms with van der Waals surface area (Å²) in [6.45, 7) is 0. The summed E-state index contributed by atoms with van der Waals surface area (Å²) in [6, 6.07) is 6.45. The van der Waals surface area contributed by atoms with Gasteiger partial charge in [-0.05, 0) is 53.3 Å². The van der Waals surface area contributed by atoms with Crippen LogP contribution in [0.25, 0.3) is 0 Å². The normalized spacial score (nSPS) is 11.9. The Morgan fingerprint density at radius 1 is 1.35 bits per heavy atom. The number of nitrogens with two attached hydrogens (primary N) is 1. The van der Waals surface area contributed by atoms with Gasteiger partial charge in [0.1, 0.15) is 0 Å². The number of amides is 1. The average Bonchev–Trinajstić information content (AvgIpc) is 2.28. The van der Waals surface area contributed by atoms with Crippen molar-refractivity contribution in [3.05, 3.63) is 27.8 Å². The lowest BCUT2D eigenvalue weighted by Gasteiger charge is -2.11. The van der Waals surface area contributed by atoms with E-state index in [1.54, 1.807) is 12.1 Å². The number of carboxylic acid groups (broad SMARTS) is 1. The highest BCUT2D eigenvalue weighted by Gasteiger charge is 2.14. The van der Waals surface area contributed by atoms with E-state index in [1.165, 1.54) is 0 Å². The van der Waals surface area contributed by atoms with Crippen molar-refractivity contribution < 1.29 is 14.7 Å². The maximum atomic E-state index is 11.6. The van der Waals surface area contributed by atoms with Crippen LogP contribution < -0.4 is 11.1 Å². The highest BCUT2D eigenvalue weighted by Crippen LogP contribution is 2.11. The molecule has 0 aliphatic rings. The quantitative estimate of drug-likeness (QED) is 0.702. The molecule has 0 heterocycles. The van der Waals surface area contributed by atoms with Crippen molar-refractivity contribution in [1.29, 1.82) is 0 Å². The molecule has 0 saturated heterocycles. The lowest BCUT2D eigenvalue weighted by molar-refractivity contribution is -0.137. The second kappa shape index (κ2) is 6.55. The zero-order valence-corrected chi connectivity index (χ0v) is 11.2. The van der Waals surface area contributed by atoms with Crippen LogP contribution in [0.4, 0.5) is 5.69 Å². The van der Waals surface area contributed by atoms with Crippen molar-refractivity contribution in [3.63, 3.8) is 0 Å². The van der Waals surface area contributed by atoms with Gasteiger partial charge in [0.05, 0.1) is 6.04 Å². The van der Waals surface area contributed by atoms with Crippen molar-refractivity contribution in [1.82, 2.24) is 0 Å². The van der Waals surface area contributed by atoms with Gasteiger partial charge in [-0.25, -0.2) is 0 Å². The van der Waals surface area contributed by atoms with Gasteiger partial charge < -0.3 is 16.2 Å². The molecular formula is C11H13IN2O3. The fourth-order valence-corrected chi connectivity index (χ4v) is 1.54. The third-order valence-electron chi connectivity index (χ3n) is 2.12. The summed E-state index contributed by atoms with van der Waals surface area (Å²) in [5.41, 5.74) is 6.22. The van der Waals surface area contributed by atoms with E-state index in [1.807, 2.05) is 12.1 Å². The Labute approximate surface area is 113 Å². The Bertz CT molecular complexity index is 406. The number of carbonyl (C=O) groups is 2. The monoisotopic (exact) mass is 348 g/mol. The summed E-state index contributed by atoms with van der Waals surface area (Å²) in [5.74, 6) is -1.32. The highest BCUT2D eigenvalue weighted by molar-refractivity contribution is 14.1. The van der Waals surface area contributed by atoms with E-state index < -0.39 is 12.0 Å². The Kier molecular flexibility index (Phi) is 5.36. The number of carboxylic acids is 1. The van der Waals surface area contributed by atoms with Crippen LogP contribution in [-0.2, 0) is 9.59 Å². The Hall–Kier alpha value is -1.15. The topological polar surface area (TPSA) is 92.4 Å². The first-order chi connectivity index (χ1) is 7.99. The molecule has 1 atom stereocenters. The minimum atomic E-state index is -0.956. The standard InChI is InChI=1S/C11H13IN2O3/c12-7-1-3-8(4-2-7)14-11(17)9(13)5-6-10(15)16/h1-4,9H,5-6,13H2,(H,14,17)(H,15,16). The average molecular weight is 348 g/mol. The van der Waals surface area contributed by atoms with E-state index in [2.05, 4.69) is 27.9 Å². The number of hydrogen-bond acceptors (Lipinski definition) is 3. The number of rotatable bonds is 5. The highest BCUT2D eigenvalue weighted by atomic mass is 127. The third kappa shape index (κ3) is 5.14. The van der Waals surface area contributed by atoms with Crippen LogP contribution in [-0.4, -0.2) is 23.0 Å². The van der Waals surface area contributed by atoms with Gasteiger partial charge in [-0.15, -0.1) is 0 Å². The Balaban J connectivity index is 2.48. The summed E-state index contributed by atoms with van der Waals surface area (Å²) in [4.78, 5) is 21.9. The summed E-state index contributed by atoms with van der Waals surface area (Å²) in [6.07, 6.45) is 0.0206. The van der Waals surface area contributed by atoms with Crippen molar-refractivity contribution in [3.8, 4) is 0 Å². The van der Waals surface area contributed by atoms with Crippen LogP contribution in [0.15, 0.2) is 24.3 Å². The number of aliphatic carboxylic acids is 1. The molecule has 1 amide bonds. The number of carbonyl (C=O) groups excluding carboxylic acids is 1. The summed E-state index contributed by atoms with van der Waals surface area (Å²) in [5, 5.41) is 11.1. The van der Waals surface area contributed by atoms with E-state index >= 15 is 0 Å². The van der Waals surface area contributed by atoms with E-state index in [0.29, 0.717) is 5.69 Å². The molecule has 1 aromatic carbocycles. The van der Waals surface area contributed by atoms with Crippen LogP contribution in [0.2, 0.25) is 0 Å². The van der Waals surface area contributed by atoms with Crippen LogP contribution in [0.1, 0.15) is 12.8 Å². The van der Waals surface area contributed by atoms with Crippen LogP contribution in [0.3, 0.4) is 0 Å². The molecule has 0 spiro atoms. The van der Waals surface area contributed by atoms with Crippen molar-refractivity contribution in [2.24, 2.45) is 5.73 Å². The number of nitrogens with one attached hydrogen (secondary N) is 1. The van der Waals surface area contributed by atoms with E-state index in [9.17, 15) is 9.59 Å². The molecular weight excluding hydrogens is 335 g/mol. The molecule has 1 rings (SSSR count). The van der Waals surface area contributed by atoms with Crippen molar-refractivity contribution in [2.75, 3.05) is 5.32 Å². The first-order valence-corrected chi connectivity index (χ1v) is 6.10. The largest absolute Gasteiger partial charge is 0.481 e. The second-order valence-electron chi connectivity index (χ2n) is 3.54. The van der Waals surface area contributed by atoms with Gasteiger partial charge in [0.25, 0.3) is 0 Å². The first kappa shape index (κ1) is 13.9. The number of anilines is 1. The number of benzene rings is 1. The minimum absolute atomic E-state index is 0.110. The molecule has 17 heavy (non-hydrogen) atoms. The molecule has 4 N–H and O–H groups in total. The lowest BCUT2D eigenvalue weighted by atomic mass is 10.1. The van der Waals surface area contributed by atoms with Crippen LogP contribution >= 0.6 is 22.6 Å². The number of hydrogen-bond donors (Lipinski definition) is 3. The molecule has 0 saturated carbocycles. The first-order valence-electron chi connectivity index (χ1n) is 5.03. The van der Waals surface area contributed by atoms with Gasteiger partial charge >= 0.3 is 5.97 Å². The molecule has 1 unspecified atom stereocenters. The molecule has 0 aliphatic heterocycles. The van der Waals surface area contributed by atoms with Gasteiger partial charge in [0, 0.05) is 15.7 Å². The third-order valence-corrected chi connectivity index (χ3v) is 2.84. The fraction of sp³-hybridized carbons (Fsp3) is 0.273. The summed E-state index contributed by atoms with van der Waals surface area (Å²) >= 11 is 2.16. The zero-order valence-electron chi connectivity index (χ0n) is 9.02. The zero-order chi connectivity index (χ0) is 12.8. The van der Waals surface area contributed by atoms with E-state index in [4.69, 9.17) is 10.8 Å². The number of halogens is 1. The maximum absolute atomic E-state index is 11.6. The molecule has 0 bridgehead atoms. The second-order valence-corrected chi connectivity index (χ2v) is 4.78. The Morgan fingerprint density at radius 2 is 1.94 bits per heavy atom. The molecule has 92 valence electrons. The smallest absolute Gasteiger partial charge is 0.303 e. The molecule has 0 radical (unpaired) electrons. The van der Waals surface area contributed by atoms with Gasteiger partial charge in [-0.3, -0.25) is 9.59 Å². The van der Waals surface area contributed by atoms with E-state index in [0.717, 1.165) is 3.57 Å². The molecule has 0 aromatic heterocycles. The fourth-order valence-electron chi connectivity index (χ4n) is 1.18. The van der Waals surface area contributed by atoms with Gasteiger partial charge in [-0.1, -0.05) is 0 Å². The molecule has 0 aliphatic carbocycles. The molecule has 1 aromatic rings. The molecule has 5 nitrogen and oxygen atoms in total. The Morgan fingerprint density at radius 3 is 2.47 bits per heavy atom. The SMILES string of the molecule is NC(CCC(=O)O)C(=O)Nc1ccc(I)cc1. The molecule has 6 heteroatoms. The summed E-state index contributed by atoms with van der Waals surface area (Å²) < 4.78 is 1.07. The summed E-state index contributed by atoms with van der Waals surface area (Å²) in [7, 11) is 0. The van der Waals surface area contributed by atoms with Gasteiger partial charge in [0.15, 0.2) is 0 Å². The molecule has 0 fully saturated rings.